The lowest BCUT2D eigenvalue weighted by molar-refractivity contribution is -0.139. The van der Waals surface area contributed by atoms with E-state index in [-0.39, 0.29) is 12.4 Å². The van der Waals surface area contributed by atoms with E-state index in [0.29, 0.717) is 5.69 Å². The lowest BCUT2D eigenvalue weighted by Gasteiger charge is -2.03. The lowest BCUT2D eigenvalue weighted by atomic mass is 10.1. The molecule has 1 rings (SSSR count). The van der Waals surface area contributed by atoms with Crippen molar-refractivity contribution in [3.63, 3.8) is 0 Å². The normalized spacial score (nSPS) is 10.2. The van der Waals surface area contributed by atoms with Gasteiger partial charge in [0.1, 0.15) is 6.21 Å². The summed E-state index contributed by atoms with van der Waals surface area (Å²) >= 11 is 0. The zero-order chi connectivity index (χ0) is 12.7. The molecule has 17 heavy (non-hydrogen) atoms. The maximum atomic E-state index is 11.0. The summed E-state index contributed by atoms with van der Waals surface area (Å²) in [6, 6.07) is 6.67. The van der Waals surface area contributed by atoms with Crippen molar-refractivity contribution in [1.82, 2.24) is 0 Å². The van der Waals surface area contributed by atoms with Crippen molar-refractivity contribution in [3.05, 3.63) is 29.8 Å². The number of nitrogens with one attached hydrogen (secondary N) is 1. The van der Waals surface area contributed by atoms with Crippen molar-refractivity contribution in [2.75, 3.05) is 12.4 Å². The summed E-state index contributed by atoms with van der Waals surface area (Å²) in [6.07, 6.45) is 0.936. The smallest absolute Gasteiger partial charge is 0.309 e. The number of carbonyl (C=O) groups excluding carboxylic acids is 2. The first kappa shape index (κ1) is 12.7. The second-order valence-electron chi connectivity index (χ2n) is 3.18. The monoisotopic (exact) mass is 236 g/mol. The molecule has 1 amide bonds. The van der Waals surface area contributed by atoms with E-state index in [1.54, 1.807) is 24.3 Å². The summed E-state index contributed by atoms with van der Waals surface area (Å²) in [7, 11) is 1.32. The number of methoxy groups -OCH3 is 1. The number of hydrogen-bond donors (Lipinski definition) is 2. The van der Waals surface area contributed by atoms with Crippen LogP contribution in [0.2, 0.25) is 0 Å². The fourth-order valence-electron chi connectivity index (χ4n) is 1.17. The van der Waals surface area contributed by atoms with Gasteiger partial charge in [0.15, 0.2) is 0 Å². The minimum absolute atomic E-state index is 0.183. The van der Waals surface area contributed by atoms with Crippen LogP contribution in [-0.4, -0.2) is 30.4 Å². The van der Waals surface area contributed by atoms with Crippen molar-refractivity contribution < 1.29 is 19.5 Å². The van der Waals surface area contributed by atoms with Crippen molar-refractivity contribution >= 4 is 23.8 Å². The molecule has 0 saturated heterocycles. The highest BCUT2D eigenvalue weighted by molar-refractivity contribution is 6.31. The van der Waals surface area contributed by atoms with Crippen LogP contribution in [0.15, 0.2) is 29.4 Å². The molecule has 1 aromatic rings. The Morgan fingerprint density at radius 3 is 2.59 bits per heavy atom. The molecule has 1 aromatic carbocycles. The molecule has 0 aromatic heterocycles. The Hall–Kier alpha value is -2.37. The molecule has 0 heterocycles. The Kier molecular flexibility index (Phi) is 4.68. The van der Waals surface area contributed by atoms with Gasteiger partial charge < -0.3 is 15.3 Å². The summed E-state index contributed by atoms with van der Waals surface area (Å²) in [6.45, 7) is 0. The molecule has 2 N–H and O–H groups in total. The molecule has 0 spiro atoms. The van der Waals surface area contributed by atoms with E-state index in [2.05, 4.69) is 15.2 Å². The molecule has 0 aliphatic carbocycles. The third-order valence-electron chi connectivity index (χ3n) is 1.97. The van der Waals surface area contributed by atoms with Gasteiger partial charge >= 0.3 is 5.97 Å². The Labute approximate surface area is 97.9 Å². The van der Waals surface area contributed by atoms with Crippen molar-refractivity contribution in [1.29, 1.82) is 0 Å². The molecule has 0 fully saturated rings. The Morgan fingerprint density at radius 1 is 1.41 bits per heavy atom. The number of anilines is 1. The first-order valence-electron chi connectivity index (χ1n) is 4.80. The fourth-order valence-corrected chi connectivity index (χ4v) is 1.17. The summed E-state index contributed by atoms with van der Waals surface area (Å²) in [5.74, 6) is -0.859. The number of carbonyl (C=O) groups is 2. The van der Waals surface area contributed by atoms with Crippen LogP contribution in [0.1, 0.15) is 5.56 Å². The summed E-state index contributed by atoms with van der Waals surface area (Å²) < 4.78 is 4.53. The molecule has 90 valence electrons. The molecule has 6 heteroatoms. The number of hydrogen-bond acceptors (Lipinski definition) is 5. The number of nitrogens with zero attached hydrogens (tertiary/aromatic N) is 1. The Morgan fingerprint density at radius 2 is 2.06 bits per heavy atom. The van der Waals surface area contributed by atoms with Crippen LogP contribution in [0.4, 0.5) is 5.69 Å². The van der Waals surface area contributed by atoms with E-state index in [9.17, 15) is 9.59 Å². The maximum absolute atomic E-state index is 11.0. The lowest BCUT2D eigenvalue weighted by Crippen LogP contribution is -2.12. The molecular weight excluding hydrogens is 224 g/mol. The zero-order valence-corrected chi connectivity index (χ0v) is 9.21. The predicted molar refractivity (Wildman–Crippen MR) is 61.1 cm³/mol. The van der Waals surface area contributed by atoms with E-state index < -0.39 is 5.91 Å². The van der Waals surface area contributed by atoms with Crippen molar-refractivity contribution in [2.45, 2.75) is 6.42 Å². The third-order valence-corrected chi connectivity index (χ3v) is 1.97. The van der Waals surface area contributed by atoms with Crippen LogP contribution in [0.3, 0.4) is 0 Å². The van der Waals surface area contributed by atoms with Gasteiger partial charge in [0.05, 0.1) is 13.5 Å². The van der Waals surface area contributed by atoms with E-state index in [1.165, 1.54) is 7.11 Å². The quantitative estimate of drug-likeness (QED) is 0.350. The minimum Gasteiger partial charge on any atom is -0.469 e. The average molecular weight is 236 g/mol. The van der Waals surface area contributed by atoms with Gasteiger partial charge in [0.2, 0.25) is 0 Å². The molecule has 0 radical (unpaired) electrons. The van der Waals surface area contributed by atoms with Crippen LogP contribution >= 0.6 is 0 Å². The molecule has 0 aliphatic heterocycles. The average Bonchev–Trinajstić information content (AvgIpc) is 2.32. The summed E-state index contributed by atoms with van der Waals surface area (Å²) in [4.78, 5) is 22.0. The highest BCUT2D eigenvalue weighted by Crippen LogP contribution is 2.10. The zero-order valence-electron chi connectivity index (χ0n) is 9.21. The predicted octanol–water partition coefficient (Wildman–Crippen LogP) is 0.801. The standard InChI is InChI=1S/C11H12N2O4/c1-17-11(15)6-8-2-4-9(5-3-8)13-10(14)7-12-16/h2-5,7,16H,6H2,1H3,(H,13,14)/b12-7+. The summed E-state index contributed by atoms with van der Waals surface area (Å²) in [5.41, 5.74) is 1.33. The molecule has 6 nitrogen and oxygen atoms in total. The van der Waals surface area contributed by atoms with E-state index in [0.717, 1.165) is 11.8 Å². The first-order valence-corrected chi connectivity index (χ1v) is 4.80. The minimum atomic E-state index is -0.534. The number of ether oxygens (including phenoxy) is 1. The molecule has 0 aliphatic rings. The molecular formula is C11H12N2O4. The number of rotatable bonds is 4. The van der Waals surface area contributed by atoms with Crippen molar-refractivity contribution in [3.8, 4) is 0 Å². The van der Waals surface area contributed by atoms with Crippen LogP contribution in [0, 0.1) is 0 Å². The highest BCUT2D eigenvalue weighted by Gasteiger charge is 2.03. The maximum Gasteiger partial charge on any atom is 0.309 e. The number of benzene rings is 1. The molecule has 0 saturated carbocycles. The van der Waals surface area contributed by atoms with Gasteiger partial charge in [-0.15, -0.1) is 0 Å². The Balaban J connectivity index is 2.61. The van der Waals surface area contributed by atoms with Gasteiger partial charge in [-0.2, -0.15) is 0 Å². The Bertz CT molecular complexity index is 426. The van der Waals surface area contributed by atoms with Gasteiger partial charge in [-0.05, 0) is 17.7 Å². The number of amides is 1. The number of oxime groups is 1. The third kappa shape index (κ3) is 4.33. The second-order valence-corrected chi connectivity index (χ2v) is 3.18. The van der Waals surface area contributed by atoms with Crippen LogP contribution in [0.5, 0.6) is 0 Å². The van der Waals surface area contributed by atoms with E-state index >= 15 is 0 Å². The van der Waals surface area contributed by atoms with E-state index in [4.69, 9.17) is 5.21 Å². The van der Waals surface area contributed by atoms with Crippen molar-refractivity contribution in [2.24, 2.45) is 5.16 Å². The van der Waals surface area contributed by atoms with Crippen LogP contribution in [0.25, 0.3) is 0 Å². The van der Waals surface area contributed by atoms with Gasteiger partial charge in [-0.1, -0.05) is 17.3 Å². The first-order chi connectivity index (χ1) is 8.15. The topological polar surface area (TPSA) is 88.0 Å². The van der Waals surface area contributed by atoms with Gasteiger partial charge in [0.25, 0.3) is 5.91 Å². The molecule has 0 unspecified atom stereocenters. The summed E-state index contributed by atoms with van der Waals surface area (Å²) in [5, 5.41) is 13.2. The van der Waals surface area contributed by atoms with Gasteiger partial charge in [-0.25, -0.2) is 0 Å². The molecule has 0 atom stereocenters. The van der Waals surface area contributed by atoms with Crippen LogP contribution in [-0.2, 0) is 20.7 Å². The largest absolute Gasteiger partial charge is 0.469 e. The SMILES string of the molecule is COC(=O)Cc1ccc(NC(=O)/C=N/O)cc1. The molecule has 0 bridgehead atoms. The van der Waals surface area contributed by atoms with Crippen LogP contribution < -0.4 is 5.32 Å². The highest BCUT2D eigenvalue weighted by atomic mass is 16.5. The second kappa shape index (κ2) is 6.26. The van der Waals surface area contributed by atoms with Gasteiger partial charge in [0, 0.05) is 5.69 Å². The van der Waals surface area contributed by atoms with E-state index in [1.807, 2.05) is 0 Å². The fraction of sp³-hybridized carbons (Fsp3) is 0.182. The van der Waals surface area contributed by atoms with Gasteiger partial charge in [-0.3, -0.25) is 9.59 Å². The number of esters is 1.